The van der Waals surface area contributed by atoms with Gasteiger partial charge in [-0.15, -0.1) is 0 Å². The zero-order valence-corrected chi connectivity index (χ0v) is 21.8. The molecule has 0 heterocycles. The third-order valence-corrected chi connectivity index (χ3v) is 5.79. The quantitative estimate of drug-likeness (QED) is 0.178. The summed E-state index contributed by atoms with van der Waals surface area (Å²) in [6.07, 6.45) is 4.28. The predicted molar refractivity (Wildman–Crippen MR) is 145 cm³/mol. The Kier molecular flexibility index (Phi) is 10.3. The van der Waals surface area contributed by atoms with Gasteiger partial charge in [0.05, 0.1) is 12.2 Å². The average molecular weight is 558 g/mol. The summed E-state index contributed by atoms with van der Waals surface area (Å²) >= 11 is 8.53. The van der Waals surface area contributed by atoms with Crippen LogP contribution in [0.5, 0.6) is 11.5 Å². The van der Waals surface area contributed by atoms with Crippen molar-refractivity contribution >= 4 is 55.8 Å². The van der Waals surface area contributed by atoms with Crippen LogP contribution in [-0.2, 0) is 4.79 Å². The molecule has 0 saturated heterocycles. The first-order valence-corrected chi connectivity index (χ1v) is 12.6. The number of thiocarbonyl (C=S) groups is 1. The van der Waals surface area contributed by atoms with E-state index in [1.807, 2.05) is 42.5 Å². The highest BCUT2D eigenvalue weighted by atomic mass is 79.9. The summed E-state index contributed by atoms with van der Waals surface area (Å²) in [6.45, 7) is 2.45. The van der Waals surface area contributed by atoms with Crippen LogP contribution in [0.2, 0.25) is 0 Å². The molecule has 0 spiro atoms. The maximum Gasteiger partial charge on any atom is 0.276 e. The Balaban J connectivity index is 1.48. The van der Waals surface area contributed by atoms with Crippen LogP contribution < -0.4 is 25.6 Å². The lowest BCUT2D eigenvalue weighted by atomic mass is 10.1. The Morgan fingerprint density at radius 1 is 0.914 bits per heavy atom. The van der Waals surface area contributed by atoms with Gasteiger partial charge in [0.1, 0.15) is 11.5 Å². The zero-order valence-electron chi connectivity index (χ0n) is 19.4. The first kappa shape index (κ1) is 26.4. The van der Waals surface area contributed by atoms with Crippen LogP contribution >= 0.6 is 28.1 Å². The van der Waals surface area contributed by atoms with Crippen molar-refractivity contribution in [2.24, 2.45) is 0 Å². The van der Waals surface area contributed by atoms with Gasteiger partial charge in [-0.1, -0.05) is 78.5 Å². The van der Waals surface area contributed by atoms with Crippen molar-refractivity contribution in [3.63, 3.8) is 0 Å². The molecule has 0 fully saturated rings. The van der Waals surface area contributed by atoms with Crippen molar-refractivity contribution in [3.8, 4) is 11.5 Å². The van der Waals surface area contributed by atoms with E-state index in [4.69, 9.17) is 21.7 Å². The van der Waals surface area contributed by atoms with E-state index in [-0.39, 0.29) is 11.7 Å². The summed E-state index contributed by atoms with van der Waals surface area (Å²) in [5.74, 6) is 0.172. The molecule has 0 bridgehead atoms. The number of fused-ring (bicyclic) bond motifs is 1. The molecule has 0 aromatic heterocycles. The minimum atomic E-state index is -0.451. The summed E-state index contributed by atoms with van der Waals surface area (Å²) < 4.78 is 12.2. The number of benzene rings is 3. The van der Waals surface area contributed by atoms with Gasteiger partial charge in [-0.2, -0.15) is 0 Å². The Morgan fingerprint density at radius 3 is 2.54 bits per heavy atom. The average Bonchev–Trinajstić information content (AvgIpc) is 2.86. The van der Waals surface area contributed by atoms with Gasteiger partial charge in [-0.25, -0.2) is 0 Å². The SMILES string of the molecule is CCCCCCOc1ccc(Br)cc1C(=O)NC(=S)NNC(=O)COc1cccc2ccccc12. The summed E-state index contributed by atoms with van der Waals surface area (Å²) in [7, 11) is 0. The van der Waals surface area contributed by atoms with Crippen LogP contribution in [0.25, 0.3) is 10.8 Å². The number of ether oxygens (including phenoxy) is 2. The normalized spacial score (nSPS) is 10.5. The smallest absolute Gasteiger partial charge is 0.276 e. The first-order valence-electron chi connectivity index (χ1n) is 11.4. The van der Waals surface area contributed by atoms with Crippen LogP contribution in [-0.4, -0.2) is 30.1 Å². The maximum atomic E-state index is 12.8. The highest BCUT2D eigenvalue weighted by Crippen LogP contribution is 2.25. The molecule has 0 saturated carbocycles. The largest absolute Gasteiger partial charge is 0.493 e. The monoisotopic (exact) mass is 557 g/mol. The summed E-state index contributed by atoms with van der Waals surface area (Å²) in [5, 5.41) is 4.43. The molecule has 0 atom stereocenters. The van der Waals surface area contributed by atoms with Crippen molar-refractivity contribution in [1.82, 2.24) is 16.2 Å². The van der Waals surface area contributed by atoms with Crippen molar-refractivity contribution in [2.75, 3.05) is 13.2 Å². The molecule has 7 nitrogen and oxygen atoms in total. The van der Waals surface area contributed by atoms with Crippen LogP contribution in [0.4, 0.5) is 0 Å². The first-order chi connectivity index (χ1) is 17.0. The Morgan fingerprint density at radius 2 is 1.71 bits per heavy atom. The third kappa shape index (κ3) is 8.22. The fourth-order valence-corrected chi connectivity index (χ4v) is 3.85. The van der Waals surface area contributed by atoms with Crippen molar-refractivity contribution in [1.29, 1.82) is 0 Å². The minimum Gasteiger partial charge on any atom is -0.493 e. The second-order valence-electron chi connectivity index (χ2n) is 7.77. The molecule has 3 rings (SSSR count). The standard InChI is InChI=1S/C26H28BrN3O4S/c1-2-3-4-7-15-33-23-14-13-19(27)16-21(23)25(32)28-26(35)30-29-24(31)17-34-22-12-8-10-18-9-5-6-11-20(18)22/h5-6,8-14,16H,2-4,7,15,17H2,1H3,(H,29,31)(H2,28,30,32,35). The van der Waals surface area contributed by atoms with Crippen LogP contribution in [0, 0.1) is 0 Å². The summed E-state index contributed by atoms with van der Waals surface area (Å²) in [4.78, 5) is 25.0. The molecule has 3 aromatic rings. The molecule has 3 N–H and O–H groups in total. The second kappa shape index (κ2) is 13.7. The molecule has 0 radical (unpaired) electrons. The van der Waals surface area contributed by atoms with E-state index >= 15 is 0 Å². The Hall–Kier alpha value is -3.17. The van der Waals surface area contributed by atoms with Crippen molar-refractivity contribution in [2.45, 2.75) is 32.6 Å². The molecule has 3 aromatic carbocycles. The fraction of sp³-hybridized carbons (Fsp3) is 0.269. The number of carbonyl (C=O) groups is 2. The molecule has 9 heteroatoms. The fourth-order valence-electron chi connectivity index (χ4n) is 3.35. The molecular weight excluding hydrogens is 530 g/mol. The number of hydrogen-bond donors (Lipinski definition) is 3. The van der Waals surface area contributed by atoms with Crippen LogP contribution in [0.1, 0.15) is 43.0 Å². The lowest BCUT2D eigenvalue weighted by Gasteiger charge is -2.14. The number of hydrazine groups is 1. The second-order valence-corrected chi connectivity index (χ2v) is 9.10. The Bertz CT molecular complexity index is 1180. The van der Waals surface area contributed by atoms with Gasteiger partial charge in [0.25, 0.3) is 11.8 Å². The molecule has 2 amide bonds. The molecule has 0 aliphatic rings. The van der Waals surface area contributed by atoms with E-state index in [0.29, 0.717) is 23.7 Å². The van der Waals surface area contributed by atoms with Gasteiger partial charge in [0.15, 0.2) is 11.7 Å². The molecule has 35 heavy (non-hydrogen) atoms. The van der Waals surface area contributed by atoms with E-state index in [1.165, 1.54) is 0 Å². The number of amides is 2. The summed E-state index contributed by atoms with van der Waals surface area (Å²) in [5.41, 5.74) is 5.29. The molecule has 0 aliphatic heterocycles. The number of unbranched alkanes of at least 4 members (excludes halogenated alkanes) is 3. The van der Waals surface area contributed by atoms with Crippen LogP contribution in [0.15, 0.2) is 65.1 Å². The van der Waals surface area contributed by atoms with Crippen LogP contribution in [0.3, 0.4) is 0 Å². The Labute approximate surface area is 218 Å². The van der Waals surface area contributed by atoms with E-state index in [2.05, 4.69) is 39.0 Å². The van der Waals surface area contributed by atoms with Crippen molar-refractivity contribution in [3.05, 3.63) is 70.7 Å². The zero-order chi connectivity index (χ0) is 25.0. The van der Waals surface area contributed by atoms with E-state index in [0.717, 1.165) is 40.9 Å². The van der Waals surface area contributed by atoms with E-state index < -0.39 is 11.8 Å². The molecule has 0 aliphatic carbocycles. The molecular formula is C26H28BrN3O4S. The van der Waals surface area contributed by atoms with Gasteiger partial charge in [-0.05, 0) is 48.3 Å². The molecule has 184 valence electrons. The van der Waals surface area contributed by atoms with Gasteiger partial charge in [0.2, 0.25) is 0 Å². The molecule has 0 unspecified atom stereocenters. The highest BCUT2D eigenvalue weighted by molar-refractivity contribution is 9.10. The van der Waals surface area contributed by atoms with Gasteiger partial charge < -0.3 is 9.47 Å². The lowest BCUT2D eigenvalue weighted by Crippen LogP contribution is -2.49. The third-order valence-electron chi connectivity index (χ3n) is 5.09. The summed E-state index contributed by atoms with van der Waals surface area (Å²) in [6, 6.07) is 18.6. The minimum absolute atomic E-state index is 0.0533. The van der Waals surface area contributed by atoms with Gasteiger partial charge in [0, 0.05) is 9.86 Å². The number of halogens is 1. The predicted octanol–water partition coefficient (Wildman–Crippen LogP) is 5.28. The number of hydrogen-bond acceptors (Lipinski definition) is 5. The van der Waals surface area contributed by atoms with Gasteiger partial charge in [-0.3, -0.25) is 25.8 Å². The number of rotatable bonds is 10. The maximum absolute atomic E-state index is 12.8. The van der Waals surface area contributed by atoms with Gasteiger partial charge >= 0.3 is 0 Å². The number of carbonyl (C=O) groups excluding carboxylic acids is 2. The van der Waals surface area contributed by atoms with E-state index in [9.17, 15) is 9.59 Å². The van der Waals surface area contributed by atoms with E-state index in [1.54, 1.807) is 18.2 Å². The lowest BCUT2D eigenvalue weighted by molar-refractivity contribution is -0.123. The highest BCUT2D eigenvalue weighted by Gasteiger charge is 2.15. The van der Waals surface area contributed by atoms with Crippen molar-refractivity contribution < 1.29 is 19.1 Å². The number of nitrogens with one attached hydrogen (secondary N) is 3. The topological polar surface area (TPSA) is 88.7 Å².